The van der Waals surface area contributed by atoms with Crippen LogP contribution in [-0.4, -0.2) is 6.61 Å². The highest BCUT2D eigenvalue weighted by Gasteiger charge is 2.23. The smallest absolute Gasteiger partial charge is 0.166 e. The van der Waals surface area contributed by atoms with Crippen LogP contribution in [0, 0.1) is 23.4 Å². The average Bonchev–Trinajstić information content (AvgIpc) is 2.97. The van der Waals surface area contributed by atoms with Crippen LogP contribution in [0.1, 0.15) is 108 Å². The molecule has 0 aromatic heterocycles. The van der Waals surface area contributed by atoms with E-state index in [1.54, 1.807) is 48.5 Å². The lowest BCUT2D eigenvalue weighted by Gasteiger charge is -2.29. The molecule has 0 N–H and O–H groups in total. The third kappa shape index (κ3) is 8.00. The van der Waals surface area contributed by atoms with Gasteiger partial charge in [-0.3, -0.25) is 0 Å². The molecule has 216 valence electrons. The lowest BCUT2D eigenvalue weighted by Crippen LogP contribution is -2.20. The zero-order valence-corrected chi connectivity index (χ0v) is 24.3. The van der Waals surface area contributed by atoms with Crippen LogP contribution in [0.15, 0.2) is 54.6 Å². The van der Waals surface area contributed by atoms with E-state index >= 15 is 8.78 Å². The van der Waals surface area contributed by atoms with Gasteiger partial charge < -0.3 is 4.74 Å². The quantitative estimate of drug-likeness (QED) is 0.181. The molecular formula is C36H45F3O. The van der Waals surface area contributed by atoms with Gasteiger partial charge in [0, 0.05) is 11.1 Å². The Labute approximate surface area is 239 Å². The molecule has 3 aromatic carbocycles. The van der Waals surface area contributed by atoms with Gasteiger partial charge in [0.15, 0.2) is 11.6 Å². The molecule has 0 saturated carbocycles. The molecule has 0 amide bonds. The van der Waals surface area contributed by atoms with E-state index in [-0.39, 0.29) is 17.5 Å². The number of hydrogen-bond donors (Lipinski definition) is 0. The van der Waals surface area contributed by atoms with E-state index in [4.69, 9.17) is 4.74 Å². The van der Waals surface area contributed by atoms with Gasteiger partial charge >= 0.3 is 0 Å². The second-order valence-electron chi connectivity index (χ2n) is 11.5. The second-order valence-corrected chi connectivity index (χ2v) is 11.5. The Balaban J connectivity index is 1.35. The predicted molar refractivity (Wildman–Crippen MR) is 160 cm³/mol. The minimum absolute atomic E-state index is 0.0598. The standard InChI is InChI=1S/C36H45F3O/c1-3-5-6-7-8-9-10-11-13-29-19-22-32(36(39)35(29)38)28-17-15-27(16-18-28)31-21-20-30(24-33(31)37)34-23-14-26(12-4-2)25-40-34/h15-22,24,26,34H,3-14,23,25H2,1-2H3. The van der Waals surface area contributed by atoms with E-state index in [1.807, 2.05) is 6.07 Å². The molecule has 0 aliphatic carbocycles. The van der Waals surface area contributed by atoms with Crippen LogP contribution in [0.4, 0.5) is 13.2 Å². The van der Waals surface area contributed by atoms with Crippen molar-refractivity contribution in [3.63, 3.8) is 0 Å². The first-order valence-corrected chi connectivity index (χ1v) is 15.5. The van der Waals surface area contributed by atoms with Gasteiger partial charge in [0.05, 0.1) is 12.7 Å². The van der Waals surface area contributed by atoms with Crippen LogP contribution < -0.4 is 0 Å². The second kappa shape index (κ2) is 15.4. The van der Waals surface area contributed by atoms with Crippen molar-refractivity contribution in [3.8, 4) is 22.3 Å². The van der Waals surface area contributed by atoms with Crippen molar-refractivity contribution in [2.24, 2.45) is 5.92 Å². The number of halogens is 3. The van der Waals surface area contributed by atoms with Crippen LogP contribution >= 0.6 is 0 Å². The van der Waals surface area contributed by atoms with Crippen LogP contribution in [-0.2, 0) is 11.2 Å². The fourth-order valence-electron chi connectivity index (χ4n) is 5.95. The van der Waals surface area contributed by atoms with E-state index in [0.717, 1.165) is 50.7 Å². The summed E-state index contributed by atoms with van der Waals surface area (Å²) in [6, 6.07) is 15.7. The number of hydrogen-bond acceptors (Lipinski definition) is 1. The lowest BCUT2D eigenvalue weighted by atomic mass is 9.91. The van der Waals surface area contributed by atoms with E-state index in [2.05, 4.69) is 13.8 Å². The van der Waals surface area contributed by atoms with Crippen molar-refractivity contribution >= 4 is 0 Å². The van der Waals surface area contributed by atoms with Crippen molar-refractivity contribution < 1.29 is 17.9 Å². The maximum absolute atomic E-state index is 15.1. The molecule has 2 atom stereocenters. The molecule has 4 rings (SSSR count). The number of aryl methyl sites for hydroxylation is 1. The first-order chi connectivity index (χ1) is 19.5. The summed E-state index contributed by atoms with van der Waals surface area (Å²) in [6.45, 7) is 5.14. The minimum Gasteiger partial charge on any atom is -0.373 e. The monoisotopic (exact) mass is 550 g/mol. The molecular weight excluding hydrogens is 505 g/mol. The molecule has 40 heavy (non-hydrogen) atoms. The number of rotatable bonds is 14. The molecule has 0 spiro atoms. The summed E-state index contributed by atoms with van der Waals surface area (Å²) in [6.07, 6.45) is 14.2. The number of unbranched alkanes of at least 4 members (excludes halogenated alkanes) is 7. The molecule has 1 fully saturated rings. The molecule has 1 aliphatic rings. The summed E-state index contributed by atoms with van der Waals surface area (Å²) in [5, 5.41) is 0. The molecule has 2 unspecified atom stereocenters. The van der Waals surface area contributed by atoms with Crippen molar-refractivity contribution in [1.29, 1.82) is 0 Å². The molecule has 4 heteroatoms. The maximum Gasteiger partial charge on any atom is 0.166 e. The zero-order chi connectivity index (χ0) is 28.3. The predicted octanol–water partition coefficient (Wildman–Crippen LogP) is 11.4. The molecule has 0 radical (unpaired) electrons. The molecule has 1 heterocycles. The zero-order valence-electron chi connectivity index (χ0n) is 24.3. The fourth-order valence-corrected chi connectivity index (χ4v) is 5.95. The number of ether oxygens (including phenoxy) is 1. The highest BCUT2D eigenvalue weighted by molar-refractivity contribution is 5.71. The van der Waals surface area contributed by atoms with Crippen molar-refractivity contribution in [2.75, 3.05) is 6.61 Å². The molecule has 0 bridgehead atoms. The van der Waals surface area contributed by atoms with Gasteiger partial charge in [-0.1, -0.05) is 114 Å². The Hall–Kier alpha value is -2.59. The Kier molecular flexibility index (Phi) is 11.7. The van der Waals surface area contributed by atoms with Crippen LogP contribution in [0.5, 0.6) is 0 Å². The largest absolute Gasteiger partial charge is 0.373 e. The van der Waals surface area contributed by atoms with E-state index in [1.165, 1.54) is 38.5 Å². The summed E-state index contributed by atoms with van der Waals surface area (Å²) in [5.74, 6) is -1.26. The first-order valence-electron chi connectivity index (χ1n) is 15.5. The van der Waals surface area contributed by atoms with E-state index in [9.17, 15) is 4.39 Å². The molecule has 3 aromatic rings. The minimum atomic E-state index is -0.811. The van der Waals surface area contributed by atoms with Crippen molar-refractivity contribution in [3.05, 3.63) is 83.2 Å². The average molecular weight is 551 g/mol. The van der Waals surface area contributed by atoms with Crippen molar-refractivity contribution in [1.82, 2.24) is 0 Å². The summed E-state index contributed by atoms with van der Waals surface area (Å²) in [5.41, 5.74) is 3.31. The van der Waals surface area contributed by atoms with Crippen LogP contribution in [0.2, 0.25) is 0 Å². The van der Waals surface area contributed by atoms with E-state index in [0.29, 0.717) is 34.6 Å². The van der Waals surface area contributed by atoms with Gasteiger partial charge in [-0.25, -0.2) is 13.2 Å². The van der Waals surface area contributed by atoms with Gasteiger partial charge in [-0.15, -0.1) is 0 Å². The molecule has 1 nitrogen and oxygen atoms in total. The Morgan fingerprint density at radius 2 is 1.32 bits per heavy atom. The first kappa shape index (κ1) is 30.4. The topological polar surface area (TPSA) is 9.23 Å². The normalized spacial score (nSPS) is 17.3. The van der Waals surface area contributed by atoms with Crippen LogP contribution in [0.3, 0.4) is 0 Å². The summed E-state index contributed by atoms with van der Waals surface area (Å²) in [7, 11) is 0. The SMILES string of the molecule is CCCCCCCCCCc1ccc(-c2ccc(-c3ccc(C4CCC(CCC)CO4)cc3F)cc2)c(F)c1F. The van der Waals surface area contributed by atoms with E-state index < -0.39 is 11.6 Å². The Morgan fingerprint density at radius 3 is 1.95 bits per heavy atom. The Morgan fingerprint density at radius 1 is 0.675 bits per heavy atom. The van der Waals surface area contributed by atoms with Gasteiger partial charge in [0.1, 0.15) is 5.82 Å². The third-order valence-corrected chi connectivity index (χ3v) is 8.40. The highest BCUT2D eigenvalue weighted by atomic mass is 19.2. The van der Waals surface area contributed by atoms with Gasteiger partial charge in [-0.2, -0.15) is 0 Å². The van der Waals surface area contributed by atoms with Gasteiger partial charge in [0.2, 0.25) is 0 Å². The number of benzene rings is 3. The van der Waals surface area contributed by atoms with Crippen LogP contribution in [0.25, 0.3) is 22.3 Å². The maximum atomic E-state index is 15.1. The molecule has 1 saturated heterocycles. The van der Waals surface area contributed by atoms with Gasteiger partial charge in [0.25, 0.3) is 0 Å². The lowest BCUT2D eigenvalue weighted by molar-refractivity contribution is -0.0195. The Bertz CT molecular complexity index is 1200. The van der Waals surface area contributed by atoms with Crippen molar-refractivity contribution in [2.45, 2.75) is 103 Å². The highest BCUT2D eigenvalue weighted by Crippen LogP contribution is 2.35. The summed E-state index contributed by atoms with van der Waals surface area (Å²) in [4.78, 5) is 0. The third-order valence-electron chi connectivity index (χ3n) is 8.40. The fraction of sp³-hybridized carbons (Fsp3) is 0.500. The molecule has 1 aliphatic heterocycles. The summed E-state index contributed by atoms with van der Waals surface area (Å²) < 4.78 is 51.1. The summed E-state index contributed by atoms with van der Waals surface area (Å²) >= 11 is 0. The van der Waals surface area contributed by atoms with Gasteiger partial charge in [-0.05, 0) is 66.3 Å².